The van der Waals surface area contributed by atoms with Crippen LogP contribution in [0.2, 0.25) is 0 Å². The van der Waals surface area contributed by atoms with E-state index < -0.39 is 0 Å². The van der Waals surface area contributed by atoms with E-state index in [1.807, 2.05) is 12.1 Å². The van der Waals surface area contributed by atoms with Crippen LogP contribution in [-0.2, 0) is 6.42 Å². The number of hydrogen-bond donors (Lipinski definition) is 1. The Kier molecular flexibility index (Phi) is 31.4. The Morgan fingerprint density at radius 2 is 0.579 bits per heavy atom. The predicted octanol–water partition coefficient (Wildman–Crippen LogP) is 13.4. The lowest BCUT2D eigenvalue weighted by atomic mass is 10.0. The molecule has 0 aromatic heterocycles. The van der Waals surface area contributed by atoms with E-state index in [0.717, 1.165) is 5.69 Å². The van der Waals surface area contributed by atoms with Crippen molar-refractivity contribution in [2.24, 2.45) is 0 Å². The summed E-state index contributed by atoms with van der Waals surface area (Å²) in [6.07, 6.45) is 40.2. The number of nitrogen functional groups attached to an aromatic ring is 1. The van der Waals surface area contributed by atoms with Crippen molar-refractivity contribution in [3.05, 3.63) is 29.8 Å². The highest BCUT2D eigenvalue weighted by Crippen LogP contribution is 2.15. The number of benzene rings is 1. The first-order chi connectivity index (χ1) is 18.7. The van der Waals surface area contributed by atoms with Crippen molar-refractivity contribution in [1.29, 1.82) is 0 Å². The lowest BCUT2D eigenvalue weighted by Crippen LogP contribution is -1.88. The summed E-state index contributed by atoms with van der Waals surface area (Å²) in [6.45, 7) is 6.87. The second-order valence-corrected chi connectivity index (χ2v) is 12.0. The molecule has 224 valence electrons. The molecule has 1 aromatic rings. The van der Waals surface area contributed by atoms with Crippen molar-refractivity contribution in [3.8, 4) is 0 Å². The van der Waals surface area contributed by atoms with Crippen LogP contribution in [0.4, 0.5) is 5.69 Å². The Labute approximate surface area is 241 Å². The number of anilines is 1. The number of hydrogen-bond acceptors (Lipinski definition) is 1. The molecule has 1 rings (SSSR count). The molecule has 2 N–H and O–H groups in total. The monoisotopic (exact) mass is 530 g/mol. The summed E-state index contributed by atoms with van der Waals surface area (Å²) in [5, 5.41) is 0. The molecule has 0 bridgehead atoms. The van der Waals surface area contributed by atoms with Crippen LogP contribution in [0.5, 0.6) is 0 Å². The molecule has 0 heterocycles. The summed E-state index contributed by atoms with van der Waals surface area (Å²) in [5.74, 6) is 0. The van der Waals surface area contributed by atoms with E-state index in [4.69, 9.17) is 5.73 Å². The molecule has 0 aliphatic heterocycles. The lowest BCUT2D eigenvalue weighted by Gasteiger charge is -2.03. The molecule has 0 aliphatic carbocycles. The average molecular weight is 530 g/mol. The van der Waals surface area contributed by atoms with Gasteiger partial charge in [0.2, 0.25) is 0 Å². The van der Waals surface area contributed by atoms with Crippen LogP contribution in [0.25, 0.3) is 0 Å². The zero-order valence-corrected chi connectivity index (χ0v) is 26.7. The van der Waals surface area contributed by atoms with E-state index in [1.165, 1.54) is 185 Å². The van der Waals surface area contributed by atoms with Gasteiger partial charge in [-0.15, -0.1) is 0 Å². The van der Waals surface area contributed by atoms with Gasteiger partial charge in [0.1, 0.15) is 0 Å². The molecule has 0 atom stereocenters. The van der Waals surface area contributed by atoms with Crippen LogP contribution in [0.3, 0.4) is 0 Å². The third-order valence-electron chi connectivity index (χ3n) is 8.01. The van der Waals surface area contributed by atoms with Crippen molar-refractivity contribution in [1.82, 2.24) is 0 Å². The average Bonchev–Trinajstić information content (AvgIpc) is 2.93. The van der Waals surface area contributed by atoms with E-state index in [0.29, 0.717) is 0 Å². The number of nitrogens with two attached hydrogens (primary N) is 1. The molecule has 0 saturated carbocycles. The van der Waals surface area contributed by atoms with Gasteiger partial charge in [0.25, 0.3) is 0 Å². The highest BCUT2D eigenvalue weighted by Gasteiger charge is 1.96. The van der Waals surface area contributed by atoms with Crippen molar-refractivity contribution >= 4 is 5.69 Å². The molecule has 0 spiro atoms. The van der Waals surface area contributed by atoms with Crippen molar-refractivity contribution in [2.75, 3.05) is 5.73 Å². The summed E-state index contributed by atoms with van der Waals surface area (Å²) in [4.78, 5) is 0. The minimum atomic E-state index is 0.867. The first-order valence-corrected chi connectivity index (χ1v) is 17.6. The summed E-state index contributed by atoms with van der Waals surface area (Å²) >= 11 is 0. The van der Waals surface area contributed by atoms with Crippen molar-refractivity contribution in [3.63, 3.8) is 0 Å². The molecule has 0 unspecified atom stereocenters. The van der Waals surface area contributed by atoms with E-state index in [2.05, 4.69) is 32.9 Å². The molecular weight excluding hydrogens is 458 g/mol. The van der Waals surface area contributed by atoms with Crippen LogP contribution < -0.4 is 5.73 Å². The fourth-order valence-corrected chi connectivity index (χ4v) is 5.30. The maximum atomic E-state index is 5.68. The quantitative estimate of drug-likeness (QED) is 0.0889. The van der Waals surface area contributed by atoms with Crippen LogP contribution >= 0.6 is 0 Å². The fourth-order valence-electron chi connectivity index (χ4n) is 5.30. The molecule has 0 saturated heterocycles. The third-order valence-corrected chi connectivity index (χ3v) is 8.01. The SMILES string of the molecule is CCCCCCCCCCCCCCCCCCC.CCCCCCCCCCCCc1ccc(N)cc1. The normalized spacial score (nSPS) is 10.9. The van der Waals surface area contributed by atoms with Gasteiger partial charge in [0.05, 0.1) is 0 Å². The van der Waals surface area contributed by atoms with Gasteiger partial charge in [0, 0.05) is 5.69 Å². The van der Waals surface area contributed by atoms with Gasteiger partial charge in [-0.3, -0.25) is 0 Å². The maximum Gasteiger partial charge on any atom is 0.0314 e. The van der Waals surface area contributed by atoms with Crippen LogP contribution in [-0.4, -0.2) is 0 Å². The van der Waals surface area contributed by atoms with Gasteiger partial charge in [-0.1, -0.05) is 200 Å². The van der Waals surface area contributed by atoms with Crippen LogP contribution in [0.15, 0.2) is 24.3 Å². The highest BCUT2D eigenvalue weighted by atomic mass is 14.5. The van der Waals surface area contributed by atoms with Crippen molar-refractivity contribution < 1.29 is 0 Å². The third kappa shape index (κ3) is 29.6. The van der Waals surface area contributed by atoms with Gasteiger partial charge in [-0.25, -0.2) is 0 Å². The standard InChI is InChI=1S/C19H40.C18H31N/c1-3-5-7-9-11-13-15-17-19-18-16-14-12-10-8-6-4-2;1-2-3-4-5-6-7-8-9-10-11-12-17-13-15-18(19)16-14-17/h3-19H2,1-2H3;13-16H,2-12,19H2,1H3. The van der Waals surface area contributed by atoms with Gasteiger partial charge in [-0.2, -0.15) is 0 Å². The van der Waals surface area contributed by atoms with Crippen molar-refractivity contribution in [2.45, 2.75) is 201 Å². The molecule has 0 amide bonds. The Bertz CT molecular complexity index is 518. The minimum absolute atomic E-state index is 0.867. The van der Waals surface area contributed by atoms with Gasteiger partial charge in [0.15, 0.2) is 0 Å². The topological polar surface area (TPSA) is 26.0 Å². The second-order valence-electron chi connectivity index (χ2n) is 12.0. The van der Waals surface area contributed by atoms with E-state index >= 15 is 0 Å². The lowest BCUT2D eigenvalue weighted by molar-refractivity contribution is 0.529. The van der Waals surface area contributed by atoms with Crippen LogP contribution in [0.1, 0.15) is 200 Å². The second kappa shape index (κ2) is 32.2. The first-order valence-electron chi connectivity index (χ1n) is 17.6. The summed E-state index contributed by atoms with van der Waals surface area (Å²) in [7, 11) is 0. The molecule has 38 heavy (non-hydrogen) atoms. The number of aryl methyl sites for hydroxylation is 1. The predicted molar refractivity (Wildman–Crippen MR) is 176 cm³/mol. The molecule has 0 aliphatic rings. The maximum absolute atomic E-state index is 5.68. The molecular formula is C37H71N. The summed E-state index contributed by atoms with van der Waals surface area (Å²) in [6, 6.07) is 8.32. The smallest absolute Gasteiger partial charge is 0.0314 e. The Morgan fingerprint density at radius 3 is 0.842 bits per heavy atom. The summed E-state index contributed by atoms with van der Waals surface area (Å²) < 4.78 is 0. The van der Waals surface area contributed by atoms with Gasteiger partial charge >= 0.3 is 0 Å². The Balaban J connectivity index is 0.000000721. The zero-order valence-electron chi connectivity index (χ0n) is 26.7. The summed E-state index contributed by atoms with van der Waals surface area (Å²) in [5.41, 5.74) is 7.97. The van der Waals surface area contributed by atoms with E-state index in [9.17, 15) is 0 Å². The van der Waals surface area contributed by atoms with E-state index in [-0.39, 0.29) is 0 Å². The molecule has 1 aromatic carbocycles. The largest absolute Gasteiger partial charge is 0.399 e. The molecule has 1 heteroatoms. The number of rotatable bonds is 27. The highest BCUT2D eigenvalue weighted by molar-refractivity contribution is 5.39. The molecule has 0 fully saturated rings. The fraction of sp³-hybridized carbons (Fsp3) is 0.838. The number of unbranched alkanes of at least 4 members (excludes halogenated alkanes) is 25. The van der Waals surface area contributed by atoms with Gasteiger partial charge in [-0.05, 0) is 30.5 Å². The van der Waals surface area contributed by atoms with Crippen LogP contribution in [0, 0.1) is 0 Å². The van der Waals surface area contributed by atoms with Gasteiger partial charge < -0.3 is 5.73 Å². The molecule has 0 radical (unpaired) electrons. The zero-order chi connectivity index (χ0) is 27.8. The molecule has 1 nitrogen and oxygen atoms in total. The Morgan fingerprint density at radius 1 is 0.342 bits per heavy atom. The minimum Gasteiger partial charge on any atom is -0.399 e. The van der Waals surface area contributed by atoms with E-state index in [1.54, 1.807) is 0 Å². The first kappa shape index (κ1) is 37.0. The Hall–Kier alpha value is -0.980.